The van der Waals surface area contributed by atoms with Crippen molar-refractivity contribution < 1.29 is 14.3 Å². The molecule has 7 heteroatoms. The van der Waals surface area contributed by atoms with Crippen LogP contribution in [-0.4, -0.2) is 45.0 Å². The molecule has 2 atom stereocenters. The maximum Gasteiger partial charge on any atom is 0.220 e. The van der Waals surface area contributed by atoms with Crippen molar-refractivity contribution in [1.29, 1.82) is 0 Å². The molecule has 2 aromatic rings. The van der Waals surface area contributed by atoms with Crippen LogP contribution in [0.25, 0.3) is 0 Å². The van der Waals surface area contributed by atoms with Gasteiger partial charge in [0.1, 0.15) is 23.4 Å². The summed E-state index contributed by atoms with van der Waals surface area (Å²) in [4.78, 5) is 28.1. The molecule has 196 valence electrons. The van der Waals surface area contributed by atoms with Gasteiger partial charge in [-0.05, 0) is 68.1 Å². The Balaban J connectivity index is 1.55. The molecule has 1 aliphatic heterocycles. The van der Waals surface area contributed by atoms with Gasteiger partial charge in [0.25, 0.3) is 0 Å². The molecule has 1 aromatic heterocycles. The Bertz CT molecular complexity index is 1100. The van der Waals surface area contributed by atoms with Crippen LogP contribution >= 0.6 is 0 Å². The maximum atomic E-state index is 13.6. The van der Waals surface area contributed by atoms with Crippen LogP contribution < -0.4 is 4.74 Å². The number of methoxy groups -OCH3 is 1. The third-order valence-electron chi connectivity index (χ3n) is 7.60. The van der Waals surface area contributed by atoms with E-state index in [2.05, 4.69) is 41.6 Å². The molecule has 1 amide bonds. The Morgan fingerprint density at radius 2 is 1.86 bits per heavy atom. The second-order valence-corrected chi connectivity index (χ2v) is 11.8. The minimum Gasteiger partial charge on any atom is -0.496 e. The van der Waals surface area contributed by atoms with Gasteiger partial charge in [0.05, 0.1) is 7.11 Å². The summed E-state index contributed by atoms with van der Waals surface area (Å²) in [6.07, 6.45) is 6.97. The number of ketones is 1. The molecule has 4 rings (SSSR count). The van der Waals surface area contributed by atoms with Crippen molar-refractivity contribution >= 4 is 11.7 Å². The molecule has 7 nitrogen and oxygen atoms in total. The Morgan fingerprint density at radius 1 is 1.11 bits per heavy atom. The lowest BCUT2D eigenvalue weighted by Crippen LogP contribution is -2.34. The van der Waals surface area contributed by atoms with E-state index < -0.39 is 0 Å². The first-order chi connectivity index (χ1) is 17.1. The van der Waals surface area contributed by atoms with Gasteiger partial charge in [0.2, 0.25) is 5.91 Å². The predicted molar refractivity (Wildman–Crippen MR) is 140 cm³/mol. The Kier molecular flexibility index (Phi) is 7.86. The molecule has 1 saturated carbocycles. The number of amides is 1. The van der Waals surface area contributed by atoms with E-state index in [1.54, 1.807) is 14.0 Å². The molecule has 36 heavy (non-hydrogen) atoms. The number of aryl methyl sites for hydroxylation is 3. The summed E-state index contributed by atoms with van der Waals surface area (Å²) in [5.41, 5.74) is 2.45. The number of carbonyl (C=O) groups excluding carboxylic acids is 2. The van der Waals surface area contributed by atoms with Gasteiger partial charge in [0, 0.05) is 38.3 Å². The zero-order valence-electron chi connectivity index (χ0n) is 22.8. The number of benzene rings is 1. The number of ether oxygens (including phenoxy) is 1. The van der Waals surface area contributed by atoms with Crippen LogP contribution in [-0.2, 0) is 22.4 Å². The lowest BCUT2D eigenvalue weighted by atomic mass is 9.89. The van der Waals surface area contributed by atoms with Crippen molar-refractivity contribution in [1.82, 2.24) is 19.7 Å². The molecule has 0 radical (unpaired) electrons. The number of Topliss-reactive ketones (excluding diaryl/α,β-unsaturated/α-hetero) is 1. The second kappa shape index (κ2) is 10.7. The van der Waals surface area contributed by atoms with Crippen LogP contribution in [0.5, 0.6) is 5.75 Å². The van der Waals surface area contributed by atoms with E-state index in [9.17, 15) is 9.59 Å². The van der Waals surface area contributed by atoms with E-state index in [1.165, 1.54) is 0 Å². The summed E-state index contributed by atoms with van der Waals surface area (Å²) < 4.78 is 7.82. The number of likely N-dealkylation sites (tertiary alicyclic amines) is 1. The van der Waals surface area contributed by atoms with E-state index in [1.807, 2.05) is 24.0 Å². The van der Waals surface area contributed by atoms with Gasteiger partial charge >= 0.3 is 0 Å². The van der Waals surface area contributed by atoms with E-state index in [0.717, 1.165) is 60.6 Å². The highest BCUT2D eigenvalue weighted by Gasteiger charge is 2.45. The minimum absolute atomic E-state index is 0.00451. The first-order valence-corrected chi connectivity index (χ1v) is 13.5. The molecule has 1 aromatic carbocycles. The van der Waals surface area contributed by atoms with Crippen LogP contribution in [0.15, 0.2) is 18.2 Å². The fourth-order valence-electron chi connectivity index (χ4n) is 5.52. The van der Waals surface area contributed by atoms with Crippen LogP contribution in [0.1, 0.15) is 101 Å². The normalized spacial score (nSPS) is 20.1. The summed E-state index contributed by atoms with van der Waals surface area (Å²) in [6, 6.07) is 6.16. The summed E-state index contributed by atoms with van der Waals surface area (Å²) in [5, 5.41) is 9.24. The van der Waals surface area contributed by atoms with Crippen molar-refractivity contribution in [3.05, 3.63) is 41.0 Å². The monoisotopic (exact) mass is 494 g/mol. The SMILES string of the molecule is COc1cc(C)ccc1CCC(=O)[C@H]1CCN(C(C)=O)[C@@H]1c1nnc(CCCC(C)(C)C)n1C1CC1. The van der Waals surface area contributed by atoms with E-state index in [-0.39, 0.29) is 29.1 Å². The molecule has 2 heterocycles. The maximum absolute atomic E-state index is 13.6. The van der Waals surface area contributed by atoms with Gasteiger partial charge in [-0.2, -0.15) is 0 Å². The van der Waals surface area contributed by atoms with Gasteiger partial charge in [-0.1, -0.05) is 32.9 Å². The largest absolute Gasteiger partial charge is 0.496 e. The Hall–Kier alpha value is -2.70. The first-order valence-electron chi connectivity index (χ1n) is 13.5. The molecule has 2 aliphatic rings. The minimum atomic E-state index is -0.334. The number of nitrogens with zero attached hydrogens (tertiary/aromatic N) is 4. The van der Waals surface area contributed by atoms with Crippen LogP contribution in [0, 0.1) is 18.3 Å². The van der Waals surface area contributed by atoms with Gasteiger partial charge in [-0.3, -0.25) is 9.59 Å². The molecule has 0 spiro atoms. The Labute approximate surface area is 215 Å². The number of rotatable bonds is 10. The first kappa shape index (κ1) is 26.4. The summed E-state index contributed by atoms with van der Waals surface area (Å²) in [7, 11) is 1.67. The second-order valence-electron chi connectivity index (χ2n) is 11.8. The highest BCUT2D eigenvalue weighted by molar-refractivity contribution is 5.84. The zero-order valence-corrected chi connectivity index (χ0v) is 22.8. The van der Waals surface area contributed by atoms with Gasteiger partial charge in [-0.25, -0.2) is 0 Å². The summed E-state index contributed by atoms with van der Waals surface area (Å²) in [5.74, 6) is 2.56. The average Bonchev–Trinajstić information content (AvgIpc) is 3.41. The highest BCUT2D eigenvalue weighted by Crippen LogP contribution is 2.44. The number of hydrogen-bond donors (Lipinski definition) is 0. The molecule has 2 fully saturated rings. The van der Waals surface area contributed by atoms with Crippen molar-refractivity contribution in [3.63, 3.8) is 0 Å². The average molecular weight is 495 g/mol. The molecular weight excluding hydrogens is 452 g/mol. The fraction of sp³-hybridized carbons (Fsp3) is 0.655. The fourth-order valence-corrected chi connectivity index (χ4v) is 5.52. The van der Waals surface area contributed by atoms with Crippen molar-refractivity contribution in [2.45, 2.75) is 98.1 Å². The van der Waals surface area contributed by atoms with E-state index in [0.29, 0.717) is 31.8 Å². The van der Waals surface area contributed by atoms with Crippen LogP contribution in [0.3, 0.4) is 0 Å². The number of carbonyl (C=O) groups is 2. The van der Waals surface area contributed by atoms with Crippen molar-refractivity contribution in [2.75, 3.05) is 13.7 Å². The van der Waals surface area contributed by atoms with E-state index in [4.69, 9.17) is 4.74 Å². The number of hydrogen-bond acceptors (Lipinski definition) is 5. The third-order valence-corrected chi connectivity index (χ3v) is 7.60. The molecular formula is C29H42N4O3. The molecule has 1 aliphatic carbocycles. The molecule has 0 unspecified atom stereocenters. The Morgan fingerprint density at radius 3 is 2.50 bits per heavy atom. The smallest absolute Gasteiger partial charge is 0.220 e. The standard InChI is InChI=1S/C29H42N4O3/c1-19-9-10-21(25(18-19)36-6)11-14-24(35)23-15-17-32(20(2)34)27(23)28-31-30-26(33(28)22-12-13-22)8-7-16-29(3,4)5/h9-10,18,22-23,27H,7-8,11-17H2,1-6H3/t23-,27+/m1/s1. The molecule has 1 saturated heterocycles. The van der Waals surface area contributed by atoms with Crippen molar-refractivity contribution in [3.8, 4) is 5.75 Å². The molecule has 0 bridgehead atoms. The summed E-state index contributed by atoms with van der Waals surface area (Å²) >= 11 is 0. The summed E-state index contributed by atoms with van der Waals surface area (Å²) in [6.45, 7) is 11.0. The number of aromatic nitrogens is 3. The van der Waals surface area contributed by atoms with Gasteiger partial charge in [0.15, 0.2) is 5.82 Å². The van der Waals surface area contributed by atoms with Crippen LogP contribution in [0.4, 0.5) is 0 Å². The van der Waals surface area contributed by atoms with Crippen molar-refractivity contribution in [2.24, 2.45) is 11.3 Å². The topological polar surface area (TPSA) is 77.3 Å². The van der Waals surface area contributed by atoms with Crippen LogP contribution in [0.2, 0.25) is 0 Å². The van der Waals surface area contributed by atoms with Gasteiger partial charge < -0.3 is 14.2 Å². The lowest BCUT2D eigenvalue weighted by molar-refractivity contribution is -0.131. The predicted octanol–water partition coefficient (Wildman–Crippen LogP) is 5.41. The highest BCUT2D eigenvalue weighted by atomic mass is 16.5. The quantitative estimate of drug-likeness (QED) is 0.441. The van der Waals surface area contributed by atoms with Gasteiger partial charge in [-0.15, -0.1) is 10.2 Å². The van der Waals surface area contributed by atoms with E-state index >= 15 is 0 Å². The molecule has 0 N–H and O–H groups in total. The zero-order chi connectivity index (χ0) is 26.0. The third kappa shape index (κ3) is 5.98. The lowest BCUT2D eigenvalue weighted by Gasteiger charge is -2.27.